The third-order valence-corrected chi connectivity index (χ3v) is 6.89. The van der Waals surface area contributed by atoms with Gasteiger partial charge in [0.2, 0.25) is 11.8 Å². The SMILES string of the molecule is Cc1cc(N2CCN(C)CC2)ccc1NC(=O)[C@@H]1CC(=O)N(c2cccc3ccccc23)C1. The summed E-state index contributed by atoms with van der Waals surface area (Å²) in [4.78, 5) is 32.4. The number of hydrogen-bond donors (Lipinski definition) is 1. The van der Waals surface area contributed by atoms with Crippen LogP contribution in [0.1, 0.15) is 12.0 Å². The van der Waals surface area contributed by atoms with Gasteiger partial charge in [-0.1, -0.05) is 36.4 Å². The van der Waals surface area contributed by atoms with Gasteiger partial charge in [0.1, 0.15) is 0 Å². The number of anilines is 3. The van der Waals surface area contributed by atoms with Crippen LogP contribution in [0.3, 0.4) is 0 Å². The van der Waals surface area contributed by atoms with Crippen LogP contribution in [0.25, 0.3) is 10.8 Å². The van der Waals surface area contributed by atoms with E-state index < -0.39 is 0 Å². The molecule has 6 heteroatoms. The third-order valence-electron chi connectivity index (χ3n) is 6.89. The smallest absolute Gasteiger partial charge is 0.229 e. The minimum Gasteiger partial charge on any atom is -0.369 e. The highest BCUT2D eigenvalue weighted by molar-refractivity contribution is 6.08. The lowest BCUT2D eigenvalue weighted by molar-refractivity contribution is -0.122. The van der Waals surface area contributed by atoms with Gasteiger partial charge >= 0.3 is 0 Å². The molecule has 2 heterocycles. The van der Waals surface area contributed by atoms with Gasteiger partial charge in [-0.3, -0.25) is 9.59 Å². The number of benzene rings is 3. The second-order valence-electron chi connectivity index (χ2n) is 9.18. The van der Waals surface area contributed by atoms with E-state index in [1.807, 2.05) is 55.5 Å². The van der Waals surface area contributed by atoms with Crippen molar-refractivity contribution in [3.8, 4) is 0 Å². The molecular weight excluding hydrogens is 412 g/mol. The molecule has 6 nitrogen and oxygen atoms in total. The zero-order valence-corrected chi connectivity index (χ0v) is 19.3. The largest absolute Gasteiger partial charge is 0.369 e. The van der Waals surface area contributed by atoms with Gasteiger partial charge in [-0.25, -0.2) is 0 Å². The molecular formula is C27H30N4O2. The van der Waals surface area contributed by atoms with Crippen LogP contribution in [-0.4, -0.2) is 56.5 Å². The van der Waals surface area contributed by atoms with Gasteiger partial charge in [0.05, 0.1) is 11.6 Å². The number of nitrogens with one attached hydrogen (secondary N) is 1. The van der Waals surface area contributed by atoms with Crippen molar-refractivity contribution in [2.24, 2.45) is 5.92 Å². The molecule has 0 aliphatic carbocycles. The Hall–Kier alpha value is -3.38. The number of carbonyl (C=O) groups excluding carboxylic acids is 2. The van der Waals surface area contributed by atoms with Gasteiger partial charge in [-0.05, 0) is 49.2 Å². The second kappa shape index (κ2) is 8.87. The summed E-state index contributed by atoms with van der Waals surface area (Å²) >= 11 is 0. The Balaban J connectivity index is 1.28. The van der Waals surface area contributed by atoms with Gasteiger partial charge in [-0.15, -0.1) is 0 Å². The lowest BCUT2D eigenvalue weighted by atomic mass is 10.1. The summed E-state index contributed by atoms with van der Waals surface area (Å²) in [5.41, 5.74) is 3.92. The average molecular weight is 443 g/mol. The maximum absolute atomic E-state index is 13.1. The molecule has 2 amide bonds. The number of carbonyl (C=O) groups is 2. The van der Waals surface area contributed by atoms with E-state index in [0.717, 1.165) is 53.9 Å². The van der Waals surface area contributed by atoms with Gasteiger partial charge < -0.3 is 20.0 Å². The number of rotatable bonds is 4. The molecule has 2 aliphatic rings. The van der Waals surface area contributed by atoms with Gasteiger partial charge in [0, 0.05) is 55.9 Å². The molecule has 5 rings (SSSR count). The number of nitrogens with zero attached hydrogens (tertiary/aromatic N) is 3. The van der Waals surface area contributed by atoms with Crippen LogP contribution in [0.2, 0.25) is 0 Å². The summed E-state index contributed by atoms with van der Waals surface area (Å²) in [6.07, 6.45) is 0.230. The van der Waals surface area contributed by atoms with Crippen molar-refractivity contribution in [3.05, 3.63) is 66.2 Å². The molecule has 170 valence electrons. The fourth-order valence-electron chi connectivity index (χ4n) is 4.84. The van der Waals surface area contributed by atoms with E-state index in [4.69, 9.17) is 0 Å². The highest BCUT2D eigenvalue weighted by Gasteiger charge is 2.35. The molecule has 2 aliphatic heterocycles. The van der Waals surface area contributed by atoms with Crippen molar-refractivity contribution >= 4 is 39.6 Å². The number of fused-ring (bicyclic) bond motifs is 1. The van der Waals surface area contributed by atoms with E-state index >= 15 is 0 Å². The Morgan fingerprint density at radius 2 is 1.73 bits per heavy atom. The molecule has 3 aromatic carbocycles. The Labute approximate surface area is 194 Å². The number of hydrogen-bond acceptors (Lipinski definition) is 4. The Kier molecular flexibility index (Phi) is 5.77. The molecule has 1 atom stereocenters. The predicted molar refractivity (Wildman–Crippen MR) is 134 cm³/mol. The fourth-order valence-corrected chi connectivity index (χ4v) is 4.84. The minimum absolute atomic E-state index is 0.00589. The molecule has 0 spiro atoms. The normalized spacial score (nSPS) is 19.3. The Bertz CT molecular complexity index is 1190. The molecule has 1 N–H and O–H groups in total. The lowest BCUT2D eigenvalue weighted by Crippen LogP contribution is -2.44. The number of piperazine rings is 1. The molecule has 0 radical (unpaired) electrons. The van der Waals surface area contributed by atoms with Crippen molar-refractivity contribution in [1.82, 2.24) is 4.90 Å². The predicted octanol–water partition coefficient (Wildman–Crippen LogP) is 3.89. The monoisotopic (exact) mass is 442 g/mol. The number of likely N-dealkylation sites (N-methyl/N-ethyl adjacent to an activating group) is 1. The maximum Gasteiger partial charge on any atom is 0.229 e. The van der Waals surface area contributed by atoms with Crippen molar-refractivity contribution < 1.29 is 9.59 Å². The molecule has 0 aromatic heterocycles. The standard InChI is InChI=1S/C27H30N4O2/c1-19-16-22(30-14-12-29(2)13-15-30)10-11-24(19)28-27(33)21-17-26(32)31(18-21)25-9-5-7-20-6-3-4-8-23(20)25/h3-11,16,21H,12-15,17-18H2,1-2H3,(H,28,33)/t21-/m1/s1. The van der Waals surface area contributed by atoms with E-state index in [2.05, 4.69) is 34.3 Å². The van der Waals surface area contributed by atoms with Gasteiger partial charge in [-0.2, -0.15) is 0 Å². The summed E-state index contributed by atoms with van der Waals surface area (Å²) in [7, 11) is 2.15. The van der Waals surface area contributed by atoms with Crippen molar-refractivity contribution in [2.75, 3.05) is 54.9 Å². The fraction of sp³-hybridized carbons (Fsp3) is 0.333. The summed E-state index contributed by atoms with van der Waals surface area (Å²) in [5, 5.41) is 5.20. The zero-order chi connectivity index (χ0) is 22.9. The van der Waals surface area contributed by atoms with Gasteiger partial charge in [0.25, 0.3) is 0 Å². The maximum atomic E-state index is 13.1. The first-order chi connectivity index (χ1) is 16.0. The molecule has 2 fully saturated rings. The first-order valence-corrected chi connectivity index (χ1v) is 11.6. The Morgan fingerprint density at radius 1 is 0.970 bits per heavy atom. The minimum atomic E-state index is -0.367. The third kappa shape index (κ3) is 4.31. The van der Waals surface area contributed by atoms with Crippen LogP contribution >= 0.6 is 0 Å². The second-order valence-corrected chi connectivity index (χ2v) is 9.18. The highest BCUT2D eigenvalue weighted by atomic mass is 16.2. The van der Waals surface area contributed by atoms with Crippen LogP contribution in [0.5, 0.6) is 0 Å². The van der Waals surface area contributed by atoms with Crippen LogP contribution in [-0.2, 0) is 9.59 Å². The molecule has 2 saturated heterocycles. The number of aryl methyl sites for hydroxylation is 1. The average Bonchev–Trinajstić information content (AvgIpc) is 3.22. The summed E-state index contributed by atoms with van der Waals surface area (Å²) in [5.74, 6) is -0.469. The van der Waals surface area contributed by atoms with Crippen molar-refractivity contribution in [2.45, 2.75) is 13.3 Å². The highest BCUT2D eigenvalue weighted by Crippen LogP contribution is 2.32. The Morgan fingerprint density at radius 3 is 2.52 bits per heavy atom. The van der Waals surface area contributed by atoms with E-state index in [-0.39, 0.29) is 24.2 Å². The molecule has 3 aromatic rings. The molecule has 33 heavy (non-hydrogen) atoms. The first kappa shape index (κ1) is 21.5. The van der Waals surface area contributed by atoms with E-state index in [0.29, 0.717) is 6.54 Å². The lowest BCUT2D eigenvalue weighted by Gasteiger charge is -2.34. The van der Waals surface area contributed by atoms with Crippen molar-refractivity contribution in [1.29, 1.82) is 0 Å². The number of amides is 2. The van der Waals surface area contributed by atoms with E-state index in [1.54, 1.807) is 4.90 Å². The zero-order valence-electron chi connectivity index (χ0n) is 19.3. The van der Waals surface area contributed by atoms with E-state index in [1.165, 1.54) is 5.69 Å². The molecule has 0 bridgehead atoms. The quantitative estimate of drug-likeness (QED) is 0.666. The van der Waals surface area contributed by atoms with Crippen LogP contribution in [0, 0.1) is 12.8 Å². The van der Waals surface area contributed by atoms with Crippen LogP contribution < -0.4 is 15.1 Å². The summed E-state index contributed by atoms with van der Waals surface area (Å²) in [6.45, 7) is 6.56. The van der Waals surface area contributed by atoms with Crippen molar-refractivity contribution in [3.63, 3.8) is 0 Å². The summed E-state index contributed by atoms with van der Waals surface area (Å²) < 4.78 is 0. The molecule has 0 unspecified atom stereocenters. The first-order valence-electron chi connectivity index (χ1n) is 11.6. The van der Waals surface area contributed by atoms with E-state index in [9.17, 15) is 9.59 Å². The molecule has 0 saturated carbocycles. The van der Waals surface area contributed by atoms with Crippen LogP contribution in [0.15, 0.2) is 60.7 Å². The summed E-state index contributed by atoms with van der Waals surface area (Å²) in [6, 6.07) is 20.2. The van der Waals surface area contributed by atoms with Gasteiger partial charge in [0.15, 0.2) is 0 Å². The van der Waals surface area contributed by atoms with Crippen LogP contribution in [0.4, 0.5) is 17.1 Å². The topological polar surface area (TPSA) is 55.9 Å².